The number of aliphatic imine (C=N–C) groups is 1. The molecule has 0 amide bonds. The van der Waals surface area contributed by atoms with E-state index in [1.807, 2.05) is 0 Å². The average Bonchev–Trinajstić information content (AvgIpc) is 2.28. The maximum absolute atomic E-state index is 10.8. The molecule has 1 saturated heterocycles. The largest absolute Gasteiger partial charge is 0.370 e. The molecule has 1 aliphatic heterocycles. The maximum Gasteiger partial charge on any atom is 0.208 e. The number of rotatable bonds is 5. The number of hydrogen-bond acceptors (Lipinski definition) is 3. The zero-order valence-corrected chi connectivity index (χ0v) is 11.2. The van der Waals surface area contributed by atoms with E-state index in [1.165, 1.54) is 19.3 Å². The van der Waals surface area contributed by atoms with Gasteiger partial charge in [-0.15, -0.1) is 0 Å². The molecule has 3 N–H and O–H groups in total. The smallest absolute Gasteiger partial charge is 0.208 e. The van der Waals surface area contributed by atoms with Crippen LogP contribution in [-0.4, -0.2) is 51.7 Å². The summed E-state index contributed by atoms with van der Waals surface area (Å²) in [6.45, 7) is 2.94. The van der Waals surface area contributed by atoms with E-state index in [4.69, 9.17) is 5.73 Å². The highest BCUT2D eigenvalue weighted by atomic mass is 32.2. The summed E-state index contributed by atoms with van der Waals surface area (Å²) >= 11 is 0. The van der Waals surface area contributed by atoms with Gasteiger partial charge < -0.3 is 10.6 Å². The molecular formula is C10H22N4O2S. The van der Waals surface area contributed by atoms with Crippen molar-refractivity contribution in [2.24, 2.45) is 10.7 Å². The predicted molar refractivity (Wildman–Crippen MR) is 69.4 cm³/mol. The molecule has 6 nitrogen and oxygen atoms in total. The van der Waals surface area contributed by atoms with E-state index in [1.54, 1.807) is 0 Å². The first-order valence-electron chi connectivity index (χ1n) is 5.98. The molecule has 1 heterocycles. The lowest BCUT2D eigenvalue weighted by atomic mass is 10.1. The Kier molecular flexibility index (Phi) is 5.70. The normalized spacial score (nSPS) is 18.4. The van der Waals surface area contributed by atoms with Crippen LogP contribution in [0.15, 0.2) is 4.99 Å². The van der Waals surface area contributed by atoms with E-state index in [2.05, 4.69) is 14.6 Å². The van der Waals surface area contributed by atoms with Crippen LogP contribution in [0.1, 0.15) is 25.7 Å². The minimum Gasteiger partial charge on any atom is -0.370 e. The van der Waals surface area contributed by atoms with Gasteiger partial charge >= 0.3 is 0 Å². The van der Waals surface area contributed by atoms with Crippen molar-refractivity contribution >= 4 is 16.0 Å². The number of hydrogen-bond donors (Lipinski definition) is 2. The van der Waals surface area contributed by atoms with Gasteiger partial charge in [-0.05, 0) is 25.7 Å². The van der Waals surface area contributed by atoms with E-state index in [0.717, 1.165) is 19.3 Å². The van der Waals surface area contributed by atoms with Crippen molar-refractivity contribution in [2.75, 3.05) is 32.4 Å². The van der Waals surface area contributed by atoms with Gasteiger partial charge in [0.05, 0.1) is 6.26 Å². The average molecular weight is 262 g/mol. The van der Waals surface area contributed by atoms with Gasteiger partial charge in [-0.1, -0.05) is 0 Å². The highest BCUT2D eigenvalue weighted by Gasteiger charge is 2.11. The molecule has 0 atom stereocenters. The lowest BCUT2D eigenvalue weighted by Gasteiger charge is -2.27. The Bertz CT molecular complexity index is 347. The molecule has 1 rings (SSSR count). The van der Waals surface area contributed by atoms with Crippen molar-refractivity contribution in [3.63, 3.8) is 0 Å². The zero-order valence-electron chi connectivity index (χ0n) is 10.4. The van der Waals surface area contributed by atoms with Crippen molar-refractivity contribution < 1.29 is 8.42 Å². The molecule has 1 aliphatic rings. The van der Waals surface area contributed by atoms with Crippen LogP contribution in [0.2, 0.25) is 0 Å². The second-order valence-corrected chi connectivity index (χ2v) is 6.14. The fourth-order valence-electron chi connectivity index (χ4n) is 1.75. The molecule has 0 aliphatic carbocycles. The molecule has 7 heteroatoms. The Balaban J connectivity index is 2.19. The summed E-state index contributed by atoms with van der Waals surface area (Å²) in [5.41, 5.74) is 5.85. The van der Waals surface area contributed by atoms with Gasteiger partial charge in [0.2, 0.25) is 10.0 Å². The van der Waals surface area contributed by atoms with Crippen molar-refractivity contribution in [2.45, 2.75) is 25.7 Å². The molecule has 0 unspecified atom stereocenters. The first-order chi connectivity index (χ1) is 7.99. The Hall–Kier alpha value is -0.820. The summed E-state index contributed by atoms with van der Waals surface area (Å²) in [7, 11) is -3.09. The van der Waals surface area contributed by atoms with Crippen LogP contribution in [0.3, 0.4) is 0 Å². The third-order valence-corrected chi connectivity index (χ3v) is 3.38. The van der Waals surface area contributed by atoms with E-state index in [9.17, 15) is 8.42 Å². The topological polar surface area (TPSA) is 87.8 Å². The highest BCUT2D eigenvalue weighted by Crippen LogP contribution is 2.07. The summed E-state index contributed by atoms with van der Waals surface area (Å²) in [6.07, 6.45) is 5.43. The number of sulfonamides is 1. The third-order valence-electron chi connectivity index (χ3n) is 2.65. The maximum atomic E-state index is 10.8. The Morgan fingerprint density at radius 2 is 2.00 bits per heavy atom. The fraction of sp³-hybridized carbons (Fsp3) is 0.900. The van der Waals surface area contributed by atoms with Crippen LogP contribution < -0.4 is 10.5 Å². The van der Waals surface area contributed by atoms with Crippen LogP contribution in [0.4, 0.5) is 0 Å². The lowest BCUT2D eigenvalue weighted by Crippen LogP contribution is -2.41. The summed E-state index contributed by atoms with van der Waals surface area (Å²) in [5, 5.41) is 0. The van der Waals surface area contributed by atoms with E-state index in [0.29, 0.717) is 25.5 Å². The molecule has 17 heavy (non-hydrogen) atoms. The van der Waals surface area contributed by atoms with Gasteiger partial charge in [0.1, 0.15) is 0 Å². The first kappa shape index (κ1) is 14.2. The van der Waals surface area contributed by atoms with Crippen molar-refractivity contribution in [1.29, 1.82) is 0 Å². The molecule has 0 aromatic heterocycles. The monoisotopic (exact) mass is 262 g/mol. The summed E-state index contributed by atoms with van der Waals surface area (Å²) in [4.78, 5) is 6.34. The second kappa shape index (κ2) is 6.80. The molecule has 0 radical (unpaired) electrons. The minimum absolute atomic E-state index is 0.412. The number of nitrogens with one attached hydrogen (secondary N) is 1. The van der Waals surface area contributed by atoms with Crippen LogP contribution >= 0.6 is 0 Å². The zero-order chi connectivity index (χ0) is 12.7. The van der Waals surface area contributed by atoms with E-state index in [-0.39, 0.29) is 0 Å². The number of likely N-dealkylation sites (tertiary alicyclic amines) is 1. The second-order valence-electron chi connectivity index (χ2n) is 4.31. The van der Waals surface area contributed by atoms with E-state index < -0.39 is 10.0 Å². The molecule has 0 bridgehead atoms. The third kappa shape index (κ3) is 6.48. The van der Waals surface area contributed by atoms with Crippen LogP contribution in [0.25, 0.3) is 0 Å². The number of nitrogens with two attached hydrogens (primary N) is 1. The quantitative estimate of drug-likeness (QED) is 0.405. The van der Waals surface area contributed by atoms with Gasteiger partial charge in [0.15, 0.2) is 5.96 Å². The van der Waals surface area contributed by atoms with Crippen LogP contribution in [0.5, 0.6) is 0 Å². The SMILES string of the molecule is CS(=O)(=O)NCCCN=C(N)N1CCCCC1. The number of nitrogens with zero attached hydrogens (tertiary/aromatic N) is 2. The van der Waals surface area contributed by atoms with Crippen LogP contribution in [-0.2, 0) is 10.0 Å². The summed E-state index contributed by atoms with van der Waals surface area (Å²) in [5.74, 6) is 0.587. The van der Waals surface area contributed by atoms with Crippen LogP contribution in [0, 0.1) is 0 Å². The minimum atomic E-state index is -3.09. The van der Waals surface area contributed by atoms with Crippen molar-refractivity contribution in [3.05, 3.63) is 0 Å². The van der Waals surface area contributed by atoms with Gasteiger partial charge in [0.25, 0.3) is 0 Å². The number of guanidine groups is 1. The molecule has 1 fully saturated rings. The fourth-order valence-corrected chi connectivity index (χ4v) is 2.27. The standard InChI is InChI=1S/C10H22N4O2S/c1-17(15,16)13-7-5-6-12-10(11)14-8-3-2-4-9-14/h13H,2-9H2,1H3,(H2,11,12). The summed E-state index contributed by atoms with van der Waals surface area (Å²) in [6, 6.07) is 0. The summed E-state index contributed by atoms with van der Waals surface area (Å²) < 4.78 is 24.0. The van der Waals surface area contributed by atoms with E-state index >= 15 is 0 Å². The Labute approximate surface area is 103 Å². The number of piperidine rings is 1. The lowest BCUT2D eigenvalue weighted by molar-refractivity contribution is 0.338. The first-order valence-corrected chi connectivity index (χ1v) is 7.88. The Morgan fingerprint density at radius 3 is 2.59 bits per heavy atom. The molecular weight excluding hydrogens is 240 g/mol. The van der Waals surface area contributed by atoms with Gasteiger partial charge in [-0.3, -0.25) is 4.99 Å². The predicted octanol–water partition coefficient (Wildman–Crippen LogP) is -0.274. The molecule has 0 aromatic carbocycles. The van der Waals surface area contributed by atoms with Crippen molar-refractivity contribution in [3.8, 4) is 0 Å². The molecule has 0 saturated carbocycles. The van der Waals surface area contributed by atoms with Gasteiger partial charge in [0, 0.05) is 26.2 Å². The molecule has 100 valence electrons. The van der Waals surface area contributed by atoms with Crippen molar-refractivity contribution in [1.82, 2.24) is 9.62 Å². The van der Waals surface area contributed by atoms with Gasteiger partial charge in [-0.2, -0.15) is 0 Å². The molecule has 0 aromatic rings. The Morgan fingerprint density at radius 1 is 1.35 bits per heavy atom. The molecule has 0 spiro atoms. The highest BCUT2D eigenvalue weighted by molar-refractivity contribution is 7.88. The van der Waals surface area contributed by atoms with Gasteiger partial charge in [-0.25, -0.2) is 13.1 Å².